The predicted molar refractivity (Wildman–Crippen MR) is 146 cm³/mol. The SMILES string of the molecule is CCOc1ccc(N(CC(=O)N(CCc2ccccc2)[C@H](C)C(=O)NC2CCCCC2)S(C)(=O)=O)cc1. The molecular weight excluding hydrogens is 490 g/mol. The van der Waals surface area contributed by atoms with Crippen LogP contribution in [0.4, 0.5) is 5.69 Å². The highest BCUT2D eigenvalue weighted by molar-refractivity contribution is 7.92. The molecule has 8 nitrogen and oxygen atoms in total. The number of amides is 2. The van der Waals surface area contributed by atoms with Gasteiger partial charge in [0.2, 0.25) is 21.8 Å². The highest BCUT2D eigenvalue weighted by Gasteiger charge is 2.30. The third-order valence-electron chi connectivity index (χ3n) is 6.72. The van der Waals surface area contributed by atoms with E-state index in [1.165, 1.54) is 11.3 Å². The Labute approximate surface area is 221 Å². The molecule has 2 aromatic rings. The fraction of sp³-hybridized carbons (Fsp3) is 0.500. The molecule has 1 saturated carbocycles. The summed E-state index contributed by atoms with van der Waals surface area (Å²) in [6.07, 6.45) is 6.85. The van der Waals surface area contributed by atoms with Crippen molar-refractivity contribution in [2.45, 2.75) is 64.5 Å². The highest BCUT2D eigenvalue weighted by Crippen LogP contribution is 2.23. The molecule has 0 radical (unpaired) electrons. The van der Waals surface area contributed by atoms with Crippen LogP contribution < -0.4 is 14.4 Å². The molecule has 2 amide bonds. The van der Waals surface area contributed by atoms with E-state index in [2.05, 4.69) is 5.32 Å². The molecule has 37 heavy (non-hydrogen) atoms. The average Bonchev–Trinajstić information content (AvgIpc) is 2.88. The zero-order valence-electron chi connectivity index (χ0n) is 22.1. The van der Waals surface area contributed by atoms with Crippen LogP contribution in [0.1, 0.15) is 51.5 Å². The van der Waals surface area contributed by atoms with Gasteiger partial charge >= 0.3 is 0 Å². The summed E-state index contributed by atoms with van der Waals surface area (Å²) in [7, 11) is -3.76. The average molecular weight is 530 g/mol. The van der Waals surface area contributed by atoms with E-state index in [0.29, 0.717) is 31.0 Å². The van der Waals surface area contributed by atoms with Gasteiger partial charge in [-0.3, -0.25) is 13.9 Å². The second-order valence-corrected chi connectivity index (χ2v) is 11.4. The summed E-state index contributed by atoms with van der Waals surface area (Å²) < 4.78 is 31.9. The predicted octanol–water partition coefficient (Wildman–Crippen LogP) is 3.76. The molecule has 2 aromatic carbocycles. The Morgan fingerprint density at radius 1 is 1.03 bits per heavy atom. The van der Waals surface area contributed by atoms with E-state index in [4.69, 9.17) is 4.74 Å². The van der Waals surface area contributed by atoms with E-state index in [1.807, 2.05) is 37.3 Å². The number of hydrogen-bond acceptors (Lipinski definition) is 5. The highest BCUT2D eigenvalue weighted by atomic mass is 32.2. The lowest BCUT2D eigenvalue weighted by atomic mass is 9.95. The molecule has 0 heterocycles. The number of rotatable bonds is 12. The maximum atomic E-state index is 13.6. The quantitative estimate of drug-likeness (QED) is 0.452. The third-order valence-corrected chi connectivity index (χ3v) is 7.86. The van der Waals surface area contributed by atoms with E-state index < -0.39 is 28.5 Å². The summed E-state index contributed by atoms with van der Waals surface area (Å²) in [4.78, 5) is 28.3. The lowest BCUT2D eigenvalue weighted by molar-refractivity contribution is -0.139. The van der Waals surface area contributed by atoms with E-state index in [9.17, 15) is 18.0 Å². The Bertz CT molecular complexity index is 1120. The minimum Gasteiger partial charge on any atom is -0.494 e. The largest absolute Gasteiger partial charge is 0.494 e. The van der Waals surface area contributed by atoms with Gasteiger partial charge in [0.25, 0.3) is 0 Å². The molecule has 0 bridgehead atoms. The monoisotopic (exact) mass is 529 g/mol. The van der Waals surface area contributed by atoms with Crippen LogP contribution in [0.25, 0.3) is 0 Å². The van der Waals surface area contributed by atoms with Gasteiger partial charge in [-0.1, -0.05) is 49.6 Å². The molecule has 0 saturated heterocycles. The van der Waals surface area contributed by atoms with Crippen molar-refractivity contribution in [3.05, 3.63) is 60.2 Å². The number of sulfonamides is 1. The van der Waals surface area contributed by atoms with Crippen LogP contribution >= 0.6 is 0 Å². The minimum absolute atomic E-state index is 0.117. The van der Waals surface area contributed by atoms with Gasteiger partial charge < -0.3 is 15.0 Å². The molecule has 3 rings (SSSR count). The third kappa shape index (κ3) is 8.49. The molecule has 1 aliphatic rings. The molecule has 0 spiro atoms. The second-order valence-electron chi connectivity index (χ2n) is 9.54. The van der Waals surface area contributed by atoms with Gasteiger partial charge in [-0.05, 0) is 62.9 Å². The van der Waals surface area contributed by atoms with Crippen LogP contribution in [0, 0.1) is 0 Å². The van der Waals surface area contributed by atoms with E-state index in [-0.39, 0.29) is 11.9 Å². The van der Waals surface area contributed by atoms with Gasteiger partial charge in [-0.15, -0.1) is 0 Å². The molecule has 202 valence electrons. The Balaban J connectivity index is 1.80. The van der Waals surface area contributed by atoms with Crippen molar-refractivity contribution in [3.63, 3.8) is 0 Å². The maximum absolute atomic E-state index is 13.6. The molecule has 1 N–H and O–H groups in total. The number of carbonyl (C=O) groups excluding carboxylic acids is 2. The van der Waals surface area contributed by atoms with Crippen LogP contribution in [-0.4, -0.2) is 63.2 Å². The summed E-state index contributed by atoms with van der Waals surface area (Å²) in [6.45, 7) is 3.96. The van der Waals surface area contributed by atoms with Crippen LogP contribution in [0.2, 0.25) is 0 Å². The molecule has 9 heteroatoms. The molecule has 1 aliphatic carbocycles. The van der Waals surface area contributed by atoms with Crippen molar-refractivity contribution < 1.29 is 22.7 Å². The Kier molecular flexibility index (Phi) is 10.4. The summed E-state index contributed by atoms with van der Waals surface area (Å²) >= 11 is 0. The number of nitrogens with zero attached hydrogens (tertiary/aromatic N) is 2. The smallest absolute Gasteiger partial charge is 0.244 e. The van der Waals surface area contributed by atoms with Crippen molar-refractivity contribution in [1.29, 1.82) is 0 Å². The number of carbonyl (C=O) groups is 2. The number of hydrogen-bond donors (Lipinski definition) is 1. The van der Waals surface area contributed by atoms with Crippen LogP contribution in [-0.2, 0) is 26.0 Å². The second kappa shape index (κ2) is 13.5. The van der Waals surface area contributed by atoms with Crippen LogP contribution in [0.3, 0.4) is 0 Å². The molecule has 1 atom stereocenters. The van der Waals surface area contributed by atoms with Crippen molar-refractivity contribution in [1.82, 2.24) is 10.2 Å². The fourth-order valence-electron chi connectivity index (χ4n) is 4.63. The van der Waals surface area contributed by atoms with Gasteiger partial charge in [-0.2, -0.15) is 0 Å². The fourth-order valence-corrected chi connectivity index (χ4v) is 5.48. The Morgan fingerprint density at radius 2 is 1.68 bits per heavy atom. The van der Waals surface area contributed by atoms with Gasteiger partial charge in [0, 0.05) is 12.6 Å². The van der Waals surface area contributed by atoms with E-state index >= 15 is 0 Å². The lowest BCUT2D eigenvalue weighted by Gasteiger charge is -2.33. The van der Waals surface area contributed by atoms with Crippen molar-refractivity contribution in [2.75, 3.05) is 30.3 Å². The summed E-state index contributed by atoms with van der Waals surface area (Å²) in [5, 5.41) is 3.11. The number of benzene rings is 2. The Morgan fingerprint density at radius 3 is 2.27 bits per heavy atom. The zero-order valence-corrected chi connectivity index (χ0v) is 22.9. The lowest BCUT2D eigenvalue weighted by Crippen LogP contribution is -2.53. The normalized spacial score (nSPS) is 15.0. The number of nitrogens with one attached hydrogen (secondary N) is 1. The molecular formula is C28H39N3O5S. The minimum atomic E-state index is -3.76. The van der Waals surface area contributed by atoms with Gasteiger partial charge in [0.1, 0.15) is 18.3 Å². The van der Waals surface area contributed by atoms with Crippen molar-refractivity contribution in [2.24, 2.45) is 0 Å². The topological polar surface area (TPSA) is 96.0 Å². The van der Waals surface area contributed by atoms with Crippen LogP contribution in [0.5, 0.6) is 5.75 Å². The van der Waals surface area contributed by atoms with Gasteiger partial charge in [0.15, 0.2) is 0 Å². The Hall–Kier alpha value is -3.07. The zero-order chi connectivity index (χ0) is 26.8. The van der Waals surface area contributed by atoms with Crippen molar-refractivity contribution >= 4 is 27.5 Å². The van der Waals surface area contributed by atoms with E-state index in [0.717, 1.165) is 41.8 Å². The molecule has 0 aromatic heterocycles. The molecule has 0 aliphatic heterocycles. The van der Waals surface area contributed by atoms with E-state index in [1.54, 1.807) is 31.2 Å². The van der Waals surface area contributed by atoms with Crippen molar-refractivity contribution in [3.8, 4) is 5.75 Å². The van der Waals surface area contributed by atoms with Crippen LogP contribution in [0.15, 0.2) is 54.6 Å². The molecule has 0 unspecified atom stereocenters. The molecule has 1 fully saturated rings. The maximum Gasteiger partial charge on any atom is 0.244 e. The number of ether oxygens (including phenoxy) is 1. The summed E-state index contributed by atoms with van der Waals surface area (Å²) in [6, 6.07) is 15.7. The summed E-state index contributed by atoms with van der Waals surface area (Å²) in [5.74, 6) is -0.0228. The summed E-state index contributed by atoms with van der Waals surface area (Å²) in [5.41, 5.74) is 1.40. The standard InChI is InChI=1S/C28H39N3O5S/c1-4-36-26-17-15-25(16-18-26)31(37(3,34)35)21-27(32)30(20-19-23-11-7-5-8-12-23)22(2)28(33)29-24-13-9-6-10-14-24/h5,7-8,11-12,15-18,22,24H,4,6,9-10,13-14,19-21H2,1-3H3,(H,29,33)/t22-/m1/s1. The number of anilines is 1. The first kappa shape index (κ1) is 28.5. The van der Waals surface area contributed by atoms with Gasteiger partial charge in [-0.25, -0.2) is 8.42 Å². The first-order valence-electron chi connectivity index (χ1n) is 13.0. The first-order valence-corrected chi connectivity index (χ1v) is 14.9. The van der Waals surface area contributed by atoms with Gasteiger partial charge in [0.05, 0.1) is 18.6 Å². The first-order chi connectivity index (χ1) is 17.7.